The molecule has 0 radical (unpaired) electrons. The zero-order chi connectivity index (χ0) is 16.4. The standard InChI is InChI=1S/C16H14ClFN4O/c17-11-5-6-12(18)15-14(11)16(23)22(10-3-2-8-20-9-10)13(21-15)4-1-7-19/h2-3,5-6,8-9H,1,4,7,19H2. The van der Waals surface area contributed by atoms with Crippen molar-refractivity contribution in [2.75, 3.05) is 6.54 Å². The molecule has 0 amide bonds. The molecule has 1 aromatic carbocycles. The minimum Gasteiger partial charge on any atom is -0.330 e. The third kappa shape index (κ3) is 2.83. The lowest BCUT2D eigenvalue weighted by molar-refractivity contribution is 0.633. The van der Waals surface area contributed by atoms with Crippen LogP contribution < -0.4 is 11.3 Å². The summed E-state index contributed by atoms with van der Waals surface area (Å²) in [6, 6.07) is 6.01. The van der Waals surface area contributed by atoms with Crippen LogP contribution in [-0.4, -0.2) is 21.1 Å². The van der Waals surface area contributed by atoms with Gasteiger partial charge in [-0.05, 0) is 37.2 Å². The molecule has 0 fully saturated rings. The molecule has 0 unspecified atom stereocenters. The van der Waals surface area contributed by atoms with Gasteiger partial charge in [-0.15, -0.1) is 0 Å². The molecule has 2 aromatic heterocycles. The summed E-state index contributed by atoms with van der Waals surface area (Å²) in [5.41, 5.74) is 5.67. The first kappa shape index (κ1) is 15.6. The van der Waals surface area contributed by atoms with E-state index in [1.54, 1.807) is 24.5 Å². The SMILES string of the molecule is NCCCc1nc2c(F)ccc(Cl)c2c(=O)n1-c1cccnc1. The maximum Gasteiger partial charge on any atom is 0.267 e. The van der Waals surface area contributed by atoms with Crippen LogP contribution in [0.3, 0.4) is 0 Å². The van der Waals surface area contributed by atoms with E-state index in [4.69, 9.17) is 17.3 Å². The molecule has 0 spiro atoms. The molecule has 2 heterocycles. The topological polar surface area (TPSA) is 73.8 Å². The van der Waals surface area contributed by atoms with Crippen molar-refractivity contribution in [2.45, 2.75) is 12.8 Å². The summed E-state index contributed by atoms with van der Waals surface area (Å²) in [4.78, 5) is 21.3. The van der Waals surface area contributed by atoms with E-state index in [2.05, 4.69) is 9.97 Å². The average molecular weight is 333 g/mol. The maximum absolute atomic E-state index is 14.1. The molecule has 118 valence electrons. The van der Waals surface area contributed by atoms with Gasteiger partial charge < -0.3 is 5.73 Å². The smallest absolute Gasteiger partial charge is 0.267 e. The van der Waals surface area contributed by atoms with Gasteiger partial charge in [0.25, 0.3) is 5.56 Å². The third-order valence-electron chi connectivity index (χ3n) is 3.50. The summed E-state index contributed by atoms with van der Waals surface area (Å²) in [6.07, 6.45) is 4.23. The van der Waals surface area contributed by atoms with Crippen LogP contribution >= 0.6 is 11.6 Å². The van der Waals surface area contributed by atoms with E-state index in [0.717, 1.165) is 0 Å². The number of halogens is 2. The Morgan fingerprint density at radius 3 is 2.83 bits per heavy atom. The van der Waals surface area contributed by atoms with Crippen molar-refractivity contribution < 1.29 is 4.39 Å². The fourth-order valence-electron chi connectivity index (χ4n) is 2.44. The average Bonchev–Trinajstić information content (AvgIpc) is 2.57. The number of rotatable bonds is 4. The Morgan fingerprint density at radius 2 is 2.13 bits per heavy atom. The lowest BCUT2D eigenvalue weighted by atomic mass is 10.2. The largest absolute Gasteiger partial charge is 0.330 e. The first-order chi connectivity index (χ1) is 11.1. The Balaban J connectivity index is 2.38. The summed E-state index contributed by atoms with van der Waals surface area (Å²) < 4.78 is 15.5. The van der Waals surface area contributed by atoms with E-state index in [1.165, 1.54) is 16.7 Å². The highest BCUT2D eigenvalue weighted by Crippen LogP contribution is 2.23. The maximum atomic E-state index is 14.1. The van der Waals surface area contributed by atoms with Crippen LogP contribution in [0.4, 0.5) is 4.39 Å². The number of aryl methyl sites for hydroxylation is 1. The van der Waals surface area contributed by atoms with E-state index in [-0.39, 0.29) is 15.9 Å². The van der Waals surface area contributed by atoms with Crippen LogP contribution in [-0.2, 0) is 6.42 Å². The van der Waals surface area contributed by atoms with Gasteiger partial charge >= 0.3 is 0 Å². The van der Waals surface area contributed by atoms with Crippen molar-refractivity contribution in [1.29, 1.82) is 0 Å². The molecule has 0 aliphatic heterocycles. The molecular weight excluding hydrogens is 319 g/mol. The van der Waals surface area contributed by atoms with Gasteiger partial charge in [-0.2, -0.15) is 0 Å². The fraction of sp³-hybridized carbons (Fsp3) is 0.188. The summed E-state index contributed by atoms with van der Waals surface area (Å²) in [5.74, 6) is -0.143. The number of benzene rings is 1. The van der Waals surface area contributed by atoms with Gasteiger partial charge in [-0.1, -0.05) is 11.6 Å². The zero-order valence-electron chi connectivity index (χ0n) is 12.2. The van der Waals surface area contributed by atoms with Crippen LogP contribution in [0.5, 0.6) is 0 Å². The van der Waals surface area contributed by atoms with Gasteiger partial charge in [0.05, 0.1) is 22.3 Å². The zero-order valence-corrected chi connectivity index (χ0v) is 12.9. The number of hydrogen-bond acceptors (Lipinski definition) is 4. The molecule has 0 bridgehead atoms. The van der Waals surface area contributed by atoms with Gasteiger partial charge in [0.15, 0.2) is 0 Å². The summed E-state index contributed by atoms with van der Waals surface area (Å²) in [5, 5.41) is 0.230. The van der Waals surface area contributed by atoms with Crippen LogP contribution in [0.25, 0.3) is 16.6 Å². The van der Waals surface area contributed by atoms with Crippen molar-refractivity contribution in [3.63, 3.8) is 0 Å². The van der Waals surface area contributed by atoms with Crippen molar-refractivity contribution in [1.82, 2.24) is 14.5 Å². The van der Waals surface area contributed by atoms with E-state index in [9.17, 15) is 9.18 Å². The summed E-state index contributed by atoms with van der Waals surface area (Å²) in [6.45, 7) is 0.443. The molecule has 0 aliphatic rings. The first-order valence-electron chi connectivity index (χ1n) is 7.13. The van der Waals surface area contributed by atoms with Gasteiger partial charge in [0, 0.05) is 12.6 Å². The molecule has 3 aromatic rings. The minimum atomic E-state index is -0.575. The second-order valence-corrected chi connectivity index (χ2v) is 5.43. The minimum absolute atomic E-state index is 0.0188. The number of nitrogens with two attached hydrogens (primary N) is 1. The van der Waals surface area contributed by atoms with Crippen LogP contribution in [0.1, 0.15) is 12.2 Å². The van der Waals surface area contributed by atoms with Crippen molar-refractivity contribution in [3.05, 3.63) is 63.7 Å². The normalized spacial score (nSPS) is 11.1. The van der Waals surface area contributed by atoms with Gasteiger partial charge in [0.2, 0.25) is 0 Å². The summed E-state index contributed by atoms with van der Waals surface area (Å²) >= 11 is 6.09. The molecule has 5 nitrogen and oxygen atoms in total. The molecule has 2 N–H and O–H groups in total. The molecule has 23 heavy (non-hydrogen) atoms. The number of nitrogens with zero attached hydrogens (tertiary/aromatic N) is 3. The Labute approximate surface area is 136 Å². The highest BCUT2D eigenvalue weighted by Gasteiger charge is 2.17. The molecule has 3 rings (SSSR count). The monoisotopic (exact) mass is 332 g/mol. The predicted molar refractivity (Wildman–Crippen MR) is 87.5 cm³/mol. The van der Waals surface area contributed by atoms with Gasteiger partial charge in [-0.25, -0.2) is 9.37 Å². The first-order valence-corrected chi connectivity index (χ1v) is 7.51. The molecule has 0 atom stereocenters. The van der Waals surface area contributed by atoms with Crippen LogP contribution in [0.2, 0.25) is 5.02 Å². The number of hydrogen-bond donors (Lipinski definition) is 1. The molecule has 7 heteroatoms. The Kier molecular flexibility index (Phi) is 4.36. The highest BCUT2D eigenvalue weighted by molar-refractivity contribution is 6.35. The lowest BCUT2D eigenvalue weighted by Gasteiger charge is -2.14. The number of aromatic nitrogens is 3. The quantitative estimate of drug-likeness (QED) is 0.796. The molecular formula is C16H14ClFN4O. The predicted octanol–water partition coefficient (Wildman–Crippen LogP) is 2.46. The number of pyridine rings is 1. The van der Waals surface area contributed by atoms with E-state index >= 15 is 0 Å². The van der Waals surface area contributed by atoms with Crippen molar-refractivity contribution in [2.24, 2.45) is 5.73 Å². The fourth-order valence-corrected chi connectivity index (χ4v) is 2.68. The third-order valence-corrected chi connectivity index (χ3v) is 3.82. The second-order valence-electron chi connectivity index (χ2n) is 5.02. The molecule has 0 aliphatic carbocycles. The van der Waals surface area contributed by atoms with Gasteiger partial charge in [0.1, 0.15) is 17.2 Å². The number of fused-ring (bicyclic) bond motifs is 1. The van der Waals surface area contributed by atoms with E-state index in [1.807, 2.05) is 0 Å². The molecule has 0 saturated heterocycles. The van der Waals surface area contributed by atoms with Crippen LogP contribution in [0.15, 0.2) is 41.5 Å². The highest BCUT2D eigenvalue weighted by atomic mass is 35.5. The lowest BCUT2D eigenvalue weighted by Crippen LogP contribution is -2.25. The van der Waals surface area contributed by atoms with Gasteiger partial charge in [-0.3, -0.25) is 14.3 Å². The van der Waals surface area contributed by atoms with E-state index < -0.39 is 11.4 Å². The van der Waals surface area contributed by atoms with Crippen LogP contribution in [0, 0.1) is 5.82 Å². The van der Waals surface area contributed by atoms with Crippen molar-refractivity contribution >= 4 is 22.5 Å². The Morgan fingerprint density at radius 1 is 1.30 bits per heavy atom. The van der Waals surface area contributed by atoms with Crippen molar-refractivity contribution in [3.8, 4) is 5.69 Å². The summed E-state index contributed by atoms with van der Waals surface area (Å²) in [7, 11) is 0. The van der Waals surface area contributed by atoms with E-state index in [0.29, 0.717) is 30.9 Å². The Bertz CT molecular complexity index is 911. The molecule has 0 saturated carbocycles. The Hall–Kier alpha value is -2.31. The second kappa shape index (κ2) is 6.44.